The molecule has 0 aliphatic carbocycles. The Morgan fingerprint density at radius 3 is 2.31 bits per heavy atom. The van der Waals surface area contributed by atoms with E-state index in [-0.39, 0.29) is 0 Å². The average Bonchev–Trinajstić information content (AvgIpc) is 2.04. The number of hydrogen-bond donors (Lipinski definition) is 2. The van der Waals surface area contributed by atoms with E-state index in [1.165, 1.54) is 6.92 Å². The number of nitrogens with two attached hydrogens (primary N) is 1. The SMILES string of the molecule is CC(O)(C(N)=O)c1ccc(I)cc1. The second-order valence-corrected chi connectivity index (χ2v) is 4.19. The predicted molar refractivity (Wildman–Crippen MR) is 57.9 cm³/mol. The first-order chi connectivity index (χ1) is 5.94. The Morgan fingerprint density at radius 2 is 1.92 bits per heavy atom. The lowest BCUT2D eigenvalue weighted by molar-refractivity contribution is -0.135. The van der Waals surface area contributed by atoms with E-state index in [0.29, 0.717) is 5.56 Å². The third-order valence-corrected chi connectivity index (χ3v) is 2.61. The largest absolute Gasteiger partial charge is 0.376 e. The van der Waals surface area contributed by atoms with Crippen molar-refractivity contribution in [3.8, 4) is 0 Å². The Kier molecular flexibility index (Phi) is 2.92. The van der Waals surface area contributed by atoms with Crippen molar-refractivity contribution in [2.45, 2.75) is 12.5 Å². The highest BCUT2D eigenvalue weighted by Gasteiger charge is 2.29. The van der Waals surface area contributed by atoms with Crippen molar-refractivity contribution in [2.75, 3.05) is 0 Å². The van der Waals surface area contributed by atoms with Crippen LogP contribution in [-0.4, -0.2) is 11.0 Å². The lowest BCUT2D eigenvalue weighted by Gasteiger charge is -2.19. The molecule has 0 saturated carbocycles. The molecule has 13 heavy (non-hydrogen) atoms. The van der Waals surface area contributed by atoms with Gasteiger partial charge in [0.05, 0.1) is 0 Å². The molecule has 1 aromatic carbocycles. The van der Waals surface area contributed by atoms with Crippen molar-refractivity contribution in [3.05, 3.63) is 33.4 Å². The van der Waals surface area contributed by atoms with E-state index in [4.69, 9.17) is 5.73 Å². The molecule has 0 radical (unpaired) electrons. The van der Waals surface area contributed by atoms with E-state index in [9.17, 15) is 9.90 Å². The third-order valence-electron chi connectivity index (χ3n) is 1.89. The second-order valence-electron chi connectivity index (χ2n) is 2.94. The van der Waals surface area contributed by atoms with E-state index >= 15 is 0 Å². The number of primary amides is 1. The van der Waals surface area contributed by atoms with Gasteiger partial charge in [0.2, 0.25) is 0 Å². The summed E-state index contributed by atoms with van der Waals surface area (Å²) in [5, 5.41) is 9.68. The fourth-order valence-corrected chi connectivity index (χ4v) is 1.28. The molecule has 1 rings (SSSR count). The summed E-state index contributed by atoms with van der Waals surface area (Å²) in [5.74, 6) is -0.742. The summed E-state index contributed by atoms with van der Waals surface area (Å²) < 4.78 is 1.04. The number of carbonyl (C=O) groups excluding carboxylic acids is 1. The van der Waals surface area contributed by atoms with Crippen LogP contribution in [0.4, 0.5) is 0 Å². The third kappa shape index (κ3) is 2.19. The van der Waals surface area contributed by atoms with Crippen LogP contribution in [-0.2, 0) is 10.4 Å². The van der Waals surface area contributed by atoms with Gasteiger partial charge in [0.1, 0.15) is 0 Å². The normalized spacial score (nSPS) is 15.0. The van der Waals surface area contributed by atoms with Gasteiger partial charge in [-0.25, -0.2) is 0 Å². The van der Waals surface area contributed by atoms with Gasteiger partial charge in [0.15, 0.2) is 5.60 Å². The molecular formula is C9H10INO2. The predicted octanol–water partition coefficient (Wildman–Crippen LogP) is 0.984. The van der Waals surface area contributed by atoms with Crippen LogP contribution in [0.25, 0.3) is 0 Å². The molecule has 1 unspecified atom stereocenters. The van der Waals surface area contributed by atoms with Crippen molar-refractivity contribution >= 4 is 28.5 Å². The van der Waals surface area contributed by atoms with E-state index < -0.39 is 11.5 Å². The number of carbonyl (C=O) groups is 1. The molecule has 3 N–H and O–H groups in total. The van der Waals surface area contributed by atoms with Gasteiger partial charge in [-0.15, -0.1) is 0 Å². The fraction of sp³-hybridized carbons (Fsp3) is 0.222. The maximum Gasteiger partial charge on any atom is 0.253 e. The van der Waals surface area contributed by atoms with Gasteiger partial charge in [0, 0.05) is 3.57 Å². The minimum atomic E-state index is -1.58. The highest BCUT2D eigenvalue weighted by Crippen LogP contribution is 2.20. The molecule has 3 nitrogen and oxygen atoms in total. The molecule has 0 saturated heterocycles. The van der Waals surface area contributed by atoms with Crippen molar-refractivity contribution in [2.24, 2.45) is 5.73 Å². The molecule has 70 valence electrons. The first-order valence-corrected chi connectivity index (χ1v) is 4.81. The van der Waals surface area contributed by atoms with Gasteiger partial charge in [-0.05, 0) is 47.2 Å². The highest BCUT2D eigenvalue weighted by atomic mass is 127. The molecule has 4 heteroatoms. The van der Waals surface area contributed by atoms with Crippen LogP contribution in [0, 0.1) is 3.57 Å². The van der Waals surface area contributed by atoms with Crippen LogP contribution < -0.4 is 5.73 Å². The lowest BCUT2D eigenvalue weighted by Crippen LogP contribution is -2.38. The molecule has 0 heterocycles. The van der Waals surface area contributed by atoms with Crippen LogP contribution >= 0.6 is 22.6 Å². The molecule has 0 spiro atoms. The first kappa shape index (κ1) is 10.5. The standard InChI is InChI=1S/C9H10INO2/c1-9(13,8(11)12)6-2-4-7(10)5-3-6/h2-5,13H,1H3,(H2,11,12). The van der Waals surface area contributed by atoms with Gasteiger partial charge in [0.25, 0.3) is 5.91 Å². The number of rotatable bonds is 2. The molecular weight excluding hydrogens is 281 g/mol. The van der Waals surface area contributed by atoms with Crippen LogP contribution in [0.1, 0.15) is 12.5 Å². The molecule has 0 fully saturated rings. The molecule has 0 bridgehead atoms. The number of amides is 1. The Bertz CT molecular complexity index is 319. The van der Waals surface area contributed by atoms with E-state index in [1.54, 1.807) is 12.1 Å². The van der Waals surface area contributed by atoms with Crippen LogP contribution in [0.3, 0.4) is 0 Å². The molecule has 1 aromatic rings. The van der Waals surface area contributed by atoms with Crippen molar-refractivity contribution in [1.29, 1.82) is 0 Å². The Balaban J connectivity index is 3.08. The summed E-state index contributed by atoms with van der Waals surface area (Å²) in [7, 11) is 0. The second kappa shape index (κ2) is 3.63. The van der Waals surface area contributed by atoms with Crippen molar-refractivity contribution in [3.63, 3.8) is 0 Å². The molecule has 0 aromatic heterocycles. The van der Waals surface area contributed by atoms with Gasteiger partial charge in [-0.2, -0.15) is 0 Å². The molecule has 1 atom stereocenters. The van der Waals surface area contributed by atoms with Crippen molar-refractivity contribution in [1.82, 2.24) is 0 Å². The van der Waals surface area contributed by atoms with Crippen LogP contribution in [0.15, 0.2) is 24.3 Å². The van der Waals surface area contributed by atoms with Gasteiger partial charge in [-0.3, -0.25) is 4.79 Å². The van der Waals surface area contributed by atoms with Crippen LogP contribution in [0.2, 0.25) is 0 Å². The van der Waals surface area contributed by atoms with E-state index in [2.05, 4.69) is 22.6 Å². The summed E-state index contributed by atoms with van der Waals surface area (Å²) in [6, 6.07) is 7.00. The summed E-state index contributed by atoms with van der Waals surface area (Å²) in [5.41, 5.74) is 3.98. The Hall–Kier alpha value is -0.620. The van der Waals surface area contributed by atoms with Gasteiger partial charge >= 0.3 is 0 Å². The molecule has 1 amide bonds. The molecule has 0 aliphatic rings. The Morgan fingerprint density at radius 1 is 1.46 bits per heavy atom. The number of hydrogen-bond acceptors (Lipinski definition) is 2. The Labute approximate surface area is 90.1 Å². The summed E-state index contributed by atoms with van der Waals surface area (Å²) in [6.45, 7) is 1.39. The monoisotopic (exact) mass is 291 g/mol. The van der Waals surface area contributed by atoms with Crippen molar-refractivity contribution < 1.29 is 9.90 Å². The van der Waals surface area contributed by atoms with E-state index in [1.807, 2.05) is 12.1 Å². The zero-order valence-corrected chi connectivity index (χ0v) is 9.28. The minimum Gasteiger partial charge on any atom is -0.376 e. The maximum atomic E-state index is 10.9. The summed E-state index contributed by atoms with van der Waals surface area (Å²) >= 11 is 2.14. The summed E-state index contributed by atoms with van der Waals surface area (Å²) in [4.78, 5) is 10.9. The van der Waals surface area contributed by atoms with Gasteiger partial charge < -0.3 is 10.8 Å². The van der Waals surface area contributed by atoms with E-state index in [0.717, 1.165) is 3.57 Å². The average molecular weight is 291 g/mol. The number of halogens is 1. The number of benzene rings is 1. The zero-order valence-electron chi connectivity index (χ0n) is 7.12. The fourth-order valence-electron chi connectivity index (χ4n) is 0.917. The maximum absolute atomic E-state index is 10.9. The first-order valence-electron chi connectivity index (χ1n) is 3.73. The summed E-state index contributed by atoms with van der Waals surface area (Å²) in [6.07, 6.45) is 0. The highest BCUT2D eigenvalue weighted by molar-refractivity contribution is 14.1. The minimum absolute atomic E-state index is 0.514. The zero-order chi connectivity index (χ0) is 10.1. The number of aliphatic hydroxyl groups is 1. The topological polar surface area (TPSA) is 63.3 Å². The lowest BCUT2D eigenvalue weighted by atomic mass is 9.96. The molecule has 0 aliphatic heterocycles. The van der Waals surface area contributed by atoms with Crippen LogP contribution in [0.5, 0.6) is 0 Å². The smallest absolute Gasteiger partial charge is 0.253 e. The van der Waals surface area contributed by atoms with Gasteiger partial charge in [-0.1, -0.05) is 12.1 Å². The quantitative estimate of drug-likeness (QED) is 0.798.